The lowest BCUT2D eigenvalue weighted by Gasteiger charge is -2.23. The summed E-state index contributed by atoms with van der Waals surface area (Å²) in [5.41, 5.74) is 1.39. The average Bonchev–Trinajstić information content (AvgIpc) is 3.05. The highest BCUT2D eigenvalue weighted by molar-refractivity contribution is 6.34. The van der Waals surface area contributed by atoms with Crippen LogP contribution in [0.3, 0.4) is 0 Å². The van der Waals surface area contributed by atoms with E-state index in [0.29, 0.717) is 10.7 Å². The molecule has 1 aliphatic heterocycles. The summed E-state index contributed by atoms with van der Waals surface area (Å²) in [4.78, 5) is 18.8. The molecule has 2 aromatic rings. The third kappa shape index (κ3) is 3.12. The van der Waals surface area contributed by atoms with Gasteiger partial charge >= 0.3 is 6.03 Å². The van der Waals surface area contributed by atoms with Crippen molar-refractivity contribution in [2.24, 2.45) is 4.99 Å². The second-order valence-electron chi connectivity index (χ2n) is 4.98. The summed E-state index contributed by atoms with van der Waals surface area (Å²) in [6.07, 6.45) is 1.77. The SMILES string of the molecule is O=C(Nc1ccccc1Cl)N(C1=NCCC1)c1ccccc1. The molecule has 0 aliphatic carbocycles. The van der Waals surface area contributed by atoms with Gasteiger partial charge in [-0.05, 0) is 30.7 Å². The fraction of sp³-hybridized carbons (Fsp3) is 0.176. The van der Waals surface area contributed by atoms with Gasteiger partial charge in [-0.2, -0.15) is 0 Å². The van der Waals surface area contributed by atoms with E-state index in [1.165, 1.54) is 0 Å². The number of amides is 2. The molecule has 0 atom stereocenters. The Balaban J connectivity index is 1.89. The summed E-state index contributed by atoms with van der Waals surface area (Å²) in [6.45, 7) is 0.762. The summed E-state index contributed by atoms with van der Waals surface area (Å²) >= 11 is 6.12. The molecule has 2 aromatic carbocycles. The molecule has 112 valence electrons. The molecular weight excluding hydrogens is 298 g/mol. The van der Waals surface area contributed by atoms with Gasteiger partial charge in [-0.15, -0.1) is 0 Å². The van der Waals surface area contributed by atoms with Gasteiger partial charge < -0.3 is 5.32 Å². The fourth-order valence-electron chi connectivity index (χ4n) is 2.40. The molecule has 0 saturated carbocycles. The normalized spacial score (nSPS) is 13.6. The van der Waals surface area contributed by atoms with Gasteiger partial charge in [0.2, 0.25) is 0 Å². The Morgan fingerprint density at radius 1 is 1.09 bits per heavy atom. The number of urea groups is 1. The Labute approximate surface area is 134 Å². The maximum atomic E-state index is 12.7. The smallest absolute Gasteiger partial charge is 0.306 e. The molecular formula is C17H16ClN3O. The number of amidine groups is 1. The Bertz CT molecular complexity index is 700. The van der Waals surface area contributed by atoms with Gasteiger partial charge in [-0.25, -0.2) is 4.79 Å². The first-order chi connectivity index (χ1) is 10.8. The number of carbonyl (C=O) groups excluding carboxylic acids is 1. The number of aliphatic imine (C=N–C) groups is 1. The molecule has 0 saturated heterocycles. The minimum Gasteiger partial charge on any atom is -0.306 e. The summed E-state index contributed by atoms with van der Waals surface area (Å²) < 4.78 is 0. The molecule has 1 aliphatic rings. The summed E-state index contributed by atoms with van der Waals surface area (Å²) in [6, 6.07) is 16.5. The van der Waals surface area contributed by atoms with Crippen LogP contribution in [-0.4, -0.2) is 18.4 Å². The van der Waals surface area contributed by atoms with E-state index in [-0.39, 0.29) is 6.03 Å². The molecule has 0 bridgehead atoms. The third-order valence-corrected chi connectivity index (χ3v) is 3.77. The highest BCUT2D eigenvalue weighted by Gasteiger charge is 2.23. The molecule has 0 aromatic heterocycles. The minimum atomic E-state index is -0.250. The second-order valence-corrected chi connectivity index (χ2v) is 5.39. The van der Waals surface area contributed by atoms with E-state index in [1.54, 1.807) is 17.0 Å². The predicted octanol–water partition coefficient (Wildman–Crippen LogP) is 4.57. The van der Waals surface area contributed by atoms with Crippen molar-refractivity contribution in [2.45, 2.75) is 12.8 Å². The van der Waals surface area contributed by atoms with E-state index in [4.69, 9.17) is 11.6 Å². The summed E-state index contributed by atoms with van der Waals surface area (Å²) in [5.74, 6) is 0.788. The van der Waals surface area contributed by atoms with Gasteiger partial charge in [0.1, 0.15) is 5.84 Å². The Morgan fingerprint density at radius 2 is 1.82 bits per heavy atom. The standard InChI is InChI=1S/C17H16ClN3O/c18-14-9-4-5-10-15(14)20-17(22)21(16-11-6-12-19-16)13-7-2-1-3-8-13/h1-5,7-10H,6,11-12H2,(H,20,22). The fourth-order valence-corrected chi connectivity index (χ4v) is 2.58. The van der Waals surface area contributed by atoms with Gasteiger partial charge in [0.05, 0.1) is 16.4 Å². The molecule has 1 heterocycles. The summed E-state index contributed by atoms with van der Waals surface area (Å²) in [5, 5.41) is 3.37. The lowest BCUT2D eigenvalue weighted by atomic mass is 10.2. The van der Waals surface area contributed by atoms with E-state index in [1.807, 2.05) is 42.5 Å². The molecule has 1 N–H and O–H groups in total. The minimum absolute atomic E-state index is 0.250. The zero-order valence-electron chi connectivity index (χ0n) is 12.0. The van der Waals surface area contributed by atoms with Crippen LogP contribution in [0.15, 0.2) is 59.6 Å². The van der Waals surface area contributed by atoms with Gasteiger partial charge in [-0.3, -0.25) is 9.89 Å². The molecule has 4 nitrogen and oxygen atoms in total. The third-order valence-electron chi connectivity index (χ3n) is 3.44. The van der Waals surface area contributed by atoms with Gasteiger partial charge in [0, 0.05) is 13.0 Å². The van der Waals surface area contributed by atoms with Crippen molar-refractivity contribution in [3.05, 3.63) is 59.6 Å². The zero-order chi connectivity index (χ0) is 15.4. The monoisotopic (exact) mass is 313 g/mol. The van der Waals surface area contributed by atoms with Crippen molar-refractivity contribution in [3.8, 4) is 0 Å². The molecule has 22 heavy (non-hydrogen) atoms. The van der Waals surface area contributed by atoms with Crippen molar-refractivity contribution in [1.29, 1.82) is 0 Å². The zero-order valence-corrected chi connectivity index (χ0v) is 12.8. The topological polar surface area (TPSA) is 44.7 Å². The maximum Gasteiger partial charge on any atom is 0.331 e. The van der Waals surface area contributed by atoms with Gasteiger partial charge in [-0.1, -0.05) is 41.9 Å². The van der Waals surface area contributed by atoms with Crippen LogP contribution in [0.1, 0.15) is 12.8 Å². The van der Waals surface area contributed by atoms with Crippen LogP contribution in [0.2, 0.25) is 5.02 Å². The number of hydrogen-bond donors (Lipinski definition) is 1. The quantitative estimate of drug-likeness (QED) is 0.867. The predicted molar refractivity (Wildman–Crippen MR) is 90.9 cm³/mol. The molecule has 0 unspecified atom stereocenters. The molecule has 2 amide bonds. The highest BCUT2D eigenvalue weighted by atomic mass is 35.5. The number of hydrogen-bond acceptors (Lipinski definition) is 2. The highest BCUT2D eigenvalue weighted by Crippen LogP contribution is 2.24. The van der Waals surface area contributed by atoms with Crippen LogP contribution in [0.4, 0.5) is 16.2 Å². The van der Waals surface area contributed by atoms with Crippen LogP contribution in [-0.2, 0) is 0 Å². The first-order valence-corrected chi connectivity index (χ1v) is 7.57. The summed E-state index contributed by atoms with van der Waals surface area (Å²) in [7, 11) is 0. The Morgan fingerprint density at radius 3 is 2.50 bits per heavy atom. The van der Waals surface area contributed by atoms with Crippen LogP contribution in [0, 0.1) is 0 Å². The largest absolute Gasteiger partial charge is 0.331 e. The van der Waals surface area contributed by atoms with Crippen LogP contribution >= 0.6 is 11.6 Å². The molecule has 0 spiro atoms. The van der Waals surface area contributed by atoms with E-state index in [9.17, 15) is 4.79 Å². The Kier molecular flexibility index (Phi) is 4.39. The van der Waals surface area contributed by atoms with Crippen LogP contribution in [0.5, 0.6) is 0 Å². The number of rotatable bonds is 2. The van der Waals surface area contributed by atoms with E-state index < -0.39 is 0 Å². The van der Waals surface area contributed by atoms with Gasteiger partial charge in [0.15, 0.2) is 0 Å². The van der Waals surface area contributed by atoms with Crippen molar-refractivity contribution in [1.82, 2.24) is 0 Å². The van der Waals surface area contributed by atoms with Crippen LogP contribution in [0.25, 0.3) is 0 Å². The van der Waals surface area contributed by atoms with Crippen molar-refractivity contribution < 1.29 is 4.79 Å². The second kappa shape index (κ2) is 6.62. The Hall–Kier alpha value is -2.33. The average molecular weight is 314 g/mol. The molecule has 0 fully saturated rings. The first-order valence-electron chi connectivity index (χ1n) is 7.20. The number of nitrogens with zero attached hydrogens (tertiary/aromatic N) is 2. The van der Waals surface area contributed by atoms with Crippen molar-refractivity contribution in [3.63, 3.8) is 0 Å². The lowest BCUT2D eigenvalue weighted by Crippen LogP contribution is -2.39. The van der Waals surface area contributed by atoms with E-state index in [2.05, 4.69) is 10.3 Å². The number of anilines is 2. The van der Waals surface area contributed by atoms with Crippen molar-refractivity contribution >= 4 is 34.8 Å². The molecule has 0 radical (unpaired) electrons. The maximum absolute atomic E-state index is 12.7. The first kappa shape index (κ1) is 14.6. The number of nitrogens with one attached hydrogen (secondary N) is 1. The number of carbonyl (C=O) groups is 1. The number of halogens is 1. The van der Waals surface area contributed by atoms with Gasteiger partial charge in [0.25, 0.3) is 0 Å². The van der Waals surface area contributed by atoms with E-state index >= 15 is 0 Å². The lowest BCUT2D eigenvalue weighted by molar-refractivity contribution is 0.259. The van der Waals surface area contributed by atoms with E-state index in [0.717, 1.165) is 30.9 Å². The van der Waals surface area contributed by atoms with Crippen LogP contribution < -0.4 is 10.2 Å². The number of para-hydroxylation sites is 2. The molecule has 5 heteroatoms. The number of benzene rings is 2. The van der Waals surface area contributed by atoms with Crippen molar-refractivity contribution in [2.75, 3.05) is 16.8 Å². The molecule has 3 rings (SSSR count).